The molecule has 8 heteroatoms. The molecule has 4 unspecified atom stereocenters. The van der Waals surface area contributed by atoms with Gasteiger partial charge in [-0.1, -0.05) is 6.92 Å². The van der Waals surface area contributed by atoms with Crippen molar-refractivity contribution in [1.29, 1.82) is 0 Å². The third-order valence-corrected chi connectivity index (χ3v) is 3.12. The Morgan fingerprint density at radius 3 is 2.00 bits per heavy atom. The third-order valence-electron chi connectivity index (χ3n) is 3.12. The standard InChI is InChI=1S/C16H34O8/c1-3-15(24-8-13(2)19)10-22-12-16(23-6-4-5-17)11-21-9-14(20)7-18/h13-20H,3-12H2,1-2H3. The van der Waals surface area contributed by atoms with Gasteiger partial charge in [0, 0.05) is 13.2 Å². The zero-order valence-electron chi connectivity index (χ0n) is 14.8. The molecule has 0 fully saturated rings. The van der Waals surface area contributed by atoms with Crippen LogP contribution in [0.4, 0.5) is 0 Å². The number of ether oxygens (including phenoxy) is 4. The molecule has 0 amide bonds. The van der Waals surface area contributed by atoms with Crippen molar-refractivity contribution in [2.75, 3.05) is 52.9 Å². The molecule has 0 aliphatic carbocycles. The number of hydrogen-bond donors (Lipinski definition) is 4. The molecule has 0 aromatic carbocycles. The van der Waals surface area contributed by atoms with Crippen molar-refractivity contribution in [1.82, 2.24) is 0 Å². The van der Waals surface area contributed by atoms with Crippen molar-refractivity contribution >= 4 is 0 Å². The summed E-state index contributed by atoms with van der Waals surface area (Å²) in [5.74, 6) is 0. The van der Waals surface area contributed by atoms with E-state index in [1.165, 1.54) is 0 Å². The fourth-order valence-corrected chi connectivity index (χ4v) is 1.74. The zero-order valence-corrected chi connectivity index (χ0v) is 14.8. The molecule has 4 atom stereocenters. The van der Waals surface area contributed by atoms with Crippen molar-refractivity contribution in [2.24, 2.45) is 0 Å². The maximum Gasteiger partial charge on any atom is 0.104 e. The minimum Gasteiger partial charge on any atom is -0.396 e. The van der Waals surface area contributed by atoms with E-state index in [1.54, 1.807) is 6.92 Å². The summed E-state index contributed by atoms with van der Waals surface area (Å²) in [5, 5.41) is 36.0. The minimum atomic E-state index is -0.914. The van der Waals surface area contributed by atoms with Crippen LogP contribution in [0, 0.1) is 0 Å². The highest BCUT2D eigenvalue weighted by molar-refractivity contribution is 4.60. The third kappa shape index (κ3) is 14.1. The second-order valence-corrected chi connectivity index (χ2v) is 5.69. The molecular weight excluding hydrogens is 320 g/mol. The number of aliphatic hydroxyl groups is 4. The lowest BCUT2D eigenvalue weighted by Crippen LogP contribution is -2.31. The van der Waals surface area contributed by atoms with Crippen LogP contribution < -0.4 is 0 Å². The van der Waals surface area contributed by atoms with Crippen LogP contribution in [0.25, 0.3) is 0 Å². The molecule has 0 aliphatic heterocycles. The highest BCUT2D eigenvalue weighted by atomic mass is 16.6. The van der Waals surface area contributed by atoms with Gasteiger partial charge in [0.2, 0.25) is 0 Å². The van der Waals surface area contributed by atoms with Gasteiger partial charge in [-0.05, 0) is 19.8 Å². The fraction of sp³-hybridized carbons (Fsp3) is 1.00. The van der Waals surface area contributed by atoms with Gasteiger partial charge in [0.15, 0.2) is 0 Å². The highest BCUT2D eigenvalue weighted by Crippen LogP contribution is 2.03. The zero-order chi connectivity index (χ0) is 18.2. The molecule has 0 aliphatic rings. The molecule has 4 N–H and O–H groups in total. The van der Waals surface area contributed by atoms with Gasteiger partial charge in [-0.25, -0.2) is 0 Å². The molecule has 0 radical (unpaired) electrons. The van der Waals surface area contributed by atoms with Gasteiger partial charge >= 0.3 is 0 Å². The minimum absolute atomic E-state index is 0.0193. The Morgan fingerprint density at radius 1 is 0.833 bits per heavy atom. The second-order valence-electron chi connectivity index (χ2n) is 5.69. The van der Waals surface area contributed by atoms with E-state index in [1.807, 2.05) is 6.92 Å². The summed E-state index contributed by atoms with van der Waals surface area (Å²) in [6, 6.07) is 0. The summed E-state index contributed by atoms with van der Waals surface area (Å²) in [6.45, 7) is 4.87. The predicted octanol–water partition coefficient (Wildman–Crippen LogP) is -0.684. The Balaban J connectivity index is 4.07. The Kier molecular flexibility index (Phi) is 15.9. The molecule has 0 saturated carbocycles. The van der Waals surface area contributed by atoms with E-state index in [0.717, 1.165) is 6.42 Å². The van der Waals surface area contributed by atoms with E-state index in [-0.39, 0.29) is 51.8 Å². The summed E-state index contributed by atoms with van der Waals surface area (Å²) < 4.78 is 22.0. The van der Waals surface area contributed by atoms with Crippen LogP contribution in [0.1, 0.15) is 26.7 Å². The first kappa shape index (κ1) is 23.7. The quantitative estimate of drug-likeness (QED) is 0.254. The van der Waals surface area contributed by atoms with Gasteiger partial charge in [-0.3, -0.25) is 0 Å². The molecule has 146 valence electrons. The molecule has 0 rings (SSSR count). The van der Waals surface area contributed by atoms with Gasteiger partial charge in [-0.15, -0.1) is 0 Å². The smallest absolute Gasteiger partial charge is 0.104 e. The average molecular weight is 354 g/mol. The van der Waals surface area contributed by atoms with E-state index < -0.39 is 12.2 Å². The van der Waals surface area contributed by atoms with E-state index in [2.05, 4.69) is 0 Å². The summed E-state index contributed by atoms with van der Waals surface area (Å²) in [5.41, 5.74) is 0. The Labute approximate surface area is 144 Å². The summed E-state index contributed by atoms with van der Waals surface area (Å²) in [6.07, 6.45) is -0.582. The van der Waals surface area contributed by atoms with Crippen LogP contribution in [0.5, 0.6) is 0 Å². The summed E-state index contributed by atoms with van der Waals surface area (Å²) >= 11 is 0. The maximum absolute atomic E-state index is 9.25. The van der Waals surface area contributed by atoms with Gasteiger partial charge in [0.05, 0.1) is 51.8 Å². The molecule has 0 saturated heterocycles. The Bertz CT molecular complexity index is 264. The molecule has 24 heavy (non-hydrogen) atoms. The normalized spacial score (nSPS) is 16.8. The lowest BCUT2D eigenvalue weighted by atomic mass is 10.3. The van der Waals surface area contributed by atoms with Crippen LogP contribution in [0.15, 0.2) is 0 Å². The van der Waals surface area contributed by atoms with E-state index >= 15 is 0 Å². The fourth-order valence-electron chi connectivity index (χ4n) is 1.74. The lowest BCUT2D eigenvalue weighted by molar-refractivity contribution is -0.0966. The first-order valence-electron chi connectivity index (χ1n) is 8.49. The van der Waals surface area contributed by atoms with Crippen molar-refractivity contribution < 1.29 is 39.4 Å². The molecule has 8 nitrogen and oxygen atoms in total. The van der Waals surface area contributed by atoms with Crippen molar-refractivity contribution in [3.05, 3.63) is 0 Å². The molecule has 0 bridgehead atoms. The number of rotatable bonds is 17. The van der Waals surface area contributed by atoms with E-state index in [9.17, 15) is 10.2 Å². The lowest BCUT2D eigenvalue weighted by Gasteiger charge is -2.21. The summed E-state index contributed by atoms with van der Waals surface area (Å²) in [7, 11) is 0. The van der Waals surface area contributed by atoms with Crippen LogP contribution >= 0.6 is 0 Å². The van der Waals surface area contributed by atoms with Gasteiger partial charge < -0.3 is 39.4 Å². The maximum atomic E-state index is 9.25. The SMILES string of the molecule is CCC(COCC(COCC(O)CO)OCCCO)OCC(C)O. The number of hydrogen-bond acceptors (Lipinski definition) is 8. The van der Waals surface area contributed by atoms with Gasteiger partial charge in [-0.2, -0.15) is 0 Å². The second kappa shape index (κ2) is 16.2. The molecule has 0 heterocycles. The first-order valence-corrected chi connectivity index (χ1v) is 8.49. The van der Waals surface area contributed by atoms with E-state index in [4.69, 9.17) is 29.2 Å². The Morgan fingerprint density at radius 2 is 1.46 bits per heavy atom. The molecule has 0 aromatic heterocycles. The average Bonchev–Trinajstić information content (AvgIpc) is 2.57. The number of aliphatic hydroxyl groups excluding tert-OH is 4. The van der Waals surface area contributed by atoms with Crippen molar-refractivity contribution in [3.63, 3.8) is 0 Å². The molecule has 0 spiro atoms. The Hall–Kier alpha value is -0.320. The van der Waals surface area contributed by atoms with Crippen LogP contribution in [0.2, 0.25) is 0 Å². The summed E-state index contributed by atoms with van der Waals surface area (Å²) in [4.78, 5) is 0. The first-order chi connectivity index (χ1) is 11.5. The van der Waals surface area contributed by atoms with Gasteiger partial charge in [0.1, 0.15) is 12.2 Å². The van der Waals surface area contributed by atoms with Crippen molar-refractivity contribution in [3.8, 4) is 0 Å². The van der Waals surface area contributed by atoms with Crippen LogP contribution in [-0.4, -0.2) is 97.7 Å². The van der Waals surface area contributed by atoms with Gasteiger partial charge in [0.25, 0.3) is 0 Å². The predicted molar refractivity (Wildman–Crippen MR) is 87.9 cm³/mol. The topological polar surface area (TPSA) is 118 Å². The molecule has 0 aromatic rings. The molecular formula is C16H34O8. The largest absolute Gasteiger partial charge is 0.396 e. The van der Waals surface area contributed by atoms with Crippen molar-refractivity contribution in [2.45, 2.75) is 51.1 Å². The van der Waals surface area contributed by atoms with Crippen LogP contribution in [0.3, 0.4) is 0 Å². The highest BCUT2D eigenvalue weighted by Gasteiger charge is 2.14. The van der Waals surface area contributed by atoms with Crippen LogP contribution in [-0.2, 0) is 18.9 Å². The monoisotopic (exact) mass is 354 g/mol. The van der Waals surface area contributed by atoms with E-state index in [0.29, 0.717) is 19.6 Å².